The van der Waals surface area contributed by atoms with Gasteiger partial charge in [0.05, 0.1) is 16.8 Å². The standard InChI is InChI=1S/C14H18ClF2NO/c15-12-6-10(16)7-13(17)14(12)18-8-11(19)5-9-3-1-2-4-9/h6-7,9,11,18-19H,1-5,8H2. The van der Waals surface area contributed by atoms with E-state index in [4.69, 9.17) is 11.6 Å². The van der Waals surface area contributed by atoms with E-state index >= 15 is 0 Å². The number of aliphatic hydroxyl groups is 1. The summed E-state index contributed by atoms with van der Waals surface area (Å²) in [5, 5.41) is 12.7. The van der Waals surface area contributed by atoms with Gasteiger partial charge in [0.2, 0.25) is 0 Å². The van der Waals surface area contributed by atoms with Crippen molar-refractivity contribution in [2.45, 2.75) is 38.2 Å². The first-order valence-corrected chi connectivity index (χ1v) is 7.00. The van der Waals surface area contributed by atoms with Crippen LogP contribution in [0.5, 0.6) is 0 Å². The van der Waals surface area contributed by atoms with Crippen LogP contribution in [-0.4, -0.2) is 17.8 Å². The maximum Gasteiger partial charge on any atom is 0.150 e. The summed E-state index contributed by atoms with van der Waals surface area (Å²) >= 11 is 5.76. The average Bonchev–Trinajstić information content (AvgIpc) is 2.80. The molecule has 5 heteroatoms. The van der Waals surface area contributed by atoms with Gasteiger partial charge in [-0.15, -0.1) is 0 Å². The molecule has 1 atom stereocenters. The van der Waals surface area contributed by atoms with Crippen LogP contribution in [0, 0.1) is 17.6 Å². The minimum Gasteiger partial charge on any atom is -0.391 e. The molecule has 2 N–H and O–H groups in total. The lowest BCUT2D eigenvalue weighted by Gasteiger charge is -2.17. The zero-order valence-corrected chi connectivity index (χ0v) is 11.4. The van der Waals surface area contributed by atoms with Gasteiger partial charge in [0.1, 0.15) is 5.82 Å². The summed E-state index contributed by atoms with van der Waals surface area (Å²) < 4.78 is 26.4. The van der Waals surface area contributed by atoms with E-state index in [2.05, 4.69) is 5.32 Å². The Labute approximate surface area is 116 Å². The third-order valence-corrected chi connectivity index (χ3v) is 3.90. The van der Waals surface area contributed by atoms with Gasteiger partial charge in [-0.05, 0) is 18.4 Å². The van der Waals surface area contributed by atoms with E-state index in [1.165, 1.54) is 12.8 Å². The van der Waals surface area contributed by atoms with Crippen molar-refractivity contribution in [2.75, 3.05) is 11.9 Å². The summed E-state index contributed by atoms with van der Waals surface area (Å²) in [7, 11) is 0. The SMILES string of the molecule is OC(CNc1c(F)cc(F)cc1Cl)CC1CCCC1. The minimum absolute atomic E-state index is 0.00873. The zero-order chi connectivity index (χ0) is 13.8. The number of hydrogen-bond donors (Lipinski definition) is 2. The molecule has 0 amide bonds. The quantitative estimate of drug-likeness (QED) is 0.859. The lowest BCUT2D eigenvalue weighted by atomic mass is 10.00. The van der Waals surface area contributed by atoms with Gasteiger partial charge < -0.3 is 10.4 Å². The summed E-state index contributed by atoms with van der Waals surface area (Å²) in [4.78, 5) is 0. The van der Waals surface area contributed by atoms with Crippen molar-refractivity contribution in [3.63, 3.8) is 0 Å². The van der Waals surface area contributed by atoms with Gasteiger partial charge >= 0.3 is 0 Å². The molecule has 1 aliphatic carbocycles. The highest BCUT2D eigenvalue weighted by molar-refractivity contribution is 6.33. The molecule has 0 saturated heterocycles. The zero-order valence-electron chi connectivity index (χ0n) is 10.6. The van der Waals surface area contributed by atoms with E-state index in [0.29, 0.717) is 12.3 Å². The summed E-state index contributed by atoms with van der Waals surface area (Å²) in [6.07, 6.45) is 4.94. The summed E-state index contributed by atoms with van der Waals surface area (Å²) in [6.45, 7) is 0.221. The lowest BCUT2D eigenvalue weighted by Crippen LogP contribution is -2.22. The van der Waals surface area contributed by atoms with Crippen LogP contribution in [0.2, 0.25) is 5.02 Å². The highest BCUT2D eigenvalue weighted by Crippen LogP contribution is 2.29. The summed E-state index contributed by atoms with van der Waals surface area (Å²) in [5.41, 5.74) is 0.0496. The Morgan fingerprint density at radius 3 is 2.63 bits per heavy atom. The molecule has 1 aromatic carbocycles. The van der Waals surface area contributed by atoms with Crippen LogP contribution < -0.4 is 5.32 Å². The van der Waals surface area contributed by atoms with Gasteiger partial charge in [0.25, 0.3) is 0 Å². The predicted octanol–water partition coefficient (Wildman–Crippen LogP) is 3.97. The number of anilines is 1. The largest absolute Gasteiger partial charge is 0.391 e. The molecule has 1 aromatic rings. The highest BCUT2D eigenvalue weighted by atomic mass is 35.5. The van der Waals surface area contributed by atoms with E-state index in [1.807, 2.05) is 0 Å². The van der Waals surface area contributed by atoms with Crippen molar-refractivity contribution < 1.29 is 13.9 Å². The molecule has 0 heterocycles. The van der Waals surface area contributed by atoms with Crippen LogP contribution in [0.4, 0.5) is 14.5 Å². The molecule has 2 nitrogen and oxygen atoms in total. The van der Waals surface area contributed by atoms with Crippen molar-refractivity contribution in [1.82, 2.24) is 0 Å². The molecule has 0 radical (unpaired) electrons. The second kappa shape index (κ2) is 6.53. The third kappa shape index (κ3) is 4.05. The maximum atomic E-state index is 13.5. The van der Waals surface area contributed by atoms with Gasteiger partial charge in [-0.25, -0.2) is 8.78 Å². The van der Waals surface area contributed by atoms with E-state index in [9.17, 15) is 13.9 Å². The van der Waals surface area contributed by atoms with Gasteiger partial charge in [-0.2, -0.15) is 0 Å². The van der Waals surface area contributed by atoms with Crippen LogP contribution in [0.25, 0.3) is 0 Å². The fourth-order valence-corrected chi connectivity index (χ4v) is 2.91. The van der Waals surface area contributed by atoms with E-state index < -0.39 is 17.7 Å². The Hall–Kier alpha value is -0.870. The number of halogens is 3. The third-order valence-electron chi connectivity index (χ3n) is 3.60. The summed E-state index contributed by atoms with van der Waals surface area (Å²) in [5.74, 6) is -0.886. The Balaban J connectivity index is 1.87. The van der Waals surface area contributed by atoms with Crippen LogP contribution in [0.3, 0.4) is 0 Å². The number of benzene rings is 1. The molecular weight excluding hydrogens is 272 g/mol. The molecule has 1 aliphatic rings. The smallest absolute Gasteiger partial charge is 0.150 e. The normalized spacial score (nSPS) is 17.7. The molecule has 2 rings (SSSR count). The van der Waals surface area contributed by atoms with E-state index in [1.54, 1.807) is 0 Å². The first-order valence-electron chi connectivity index (χ1n) is 6.62. The maximum absolute atomic E-state index is 13.5. The molecule has 0 bridgehead atoms. The first kappa shape index (κ1) is 14.5. The van der Waals surface area contributed by atoms with Gasteiger partial charge in [0, 0.05) is 12.6 Å². The minimum atomic E-state index is -0.738. The molecule has 19 heavy (non-hydrogen) atoms. The number of aliphatic hydroxyl groups excluding tert-OH is 1. The van der Waals surface area contributed by atoms with Gasteiger partial charge in [-0.3, -0.25) is 0 Å². The molecule has 106 valence electrons. The van der Waals surface area contributed by atoms with Crippen molar-refractivity contribution in [3.8, 4) is 0 Å². The molecule has 1 saturated carbocycles. The number of hydrogen-bond acceptors (Lipinski definition) is 2. The molecule has 0 aliphatic heterocycles. The van der Waals surface area contributed by atoms with Crippen LogP contribution in [0.15, 0.2) is 12.1 Å². The highest BCUT2D eigenvalue weighted by Gasteiger charge is 2.19. The molecular formula is C14H18ClF2NO. The van der Waals surface area contributed by atoms with Crippen molar-refractivity contribution in [3.05, 3.63) is 28.8 Å². The van der Waals surface area contributed by atoms with Crippen LogP contribution >= 0.6 is 11.6 Å². The lowest BCUT2D eigenvalue weighted by molar-refractivity contribution is 0.155. The molecule has 0 spiro atoms. The first-order chi connectivity index (χ1) is 9.06. The number of nitrogens with one attached hydrogen (secondary N) is 1. The molecule has 1 fully saturated rings. The van der Waals surface area contributed by atoms with Crippen molar-refractivity contribution in [2.24, 2.45) is 5.92 Å². The van der Waals surface area contributed by atoms with Crippen LogP contribution in [-0.2, 0) is 0 Å². The van der Waals surface area contributed by atoms with Crippen molar-refractivity contribution >= 4 is 17.3 Å². The fourth-order valence-electron chi connectivity index (χ4n) is 2.65. The Kier molecular flexibility index (Phi) is 4.99. The second-order valence-corrected chi connectivity index (χ2v) is 5.57. The molecule has 0 aromatic heterocycles. The monoisotopic (exact) mass is 289 g/mol. The van der Waals surface area contributed by atoms with Gasteiger partial charge in [0.15, 0.2) is 5.82 Å². The predicted molar refractivity (Wildman–Crippen MR) is 72.4 cm³/mol. The van der Waals surface area contributed by atoms with E-state index in [0.717, 1.165) is 25.0 Å². The van der Waals surface area contributed by atoms with Gasteiger partial charge in [-0.1, -0.05) is 37.3 Å². The number of rotatable bonds is 5. The van der Waals surface area contributed by atoms with Crippen molar-refractivity contribution in [1.29, 1.82) is 0 Å². The average molecular weight is 290 g/mol. The Morgan fingerprint density at radius 1 is 1.32 bits per heavy atom. The Morgan fingerprint density at radius 2 is 2.00 bits per heavy atom. The summed E-state index contributed by atoms with van der Waals surface area (Å²) in [6, 6.07) is 1.83. The molecule has 1 unspecified atom stereocenters. The van der Waals surface area contributed by atoms with Crippen LogP contribution in [0.1, 0.15) is 32.1 Å². The Bertz CT molecular complexity index is 412. The second-order valence-electron chi connectivity index (χ2n) is 5.17. The fraction of sp³-hybridized carbons (Fsp3) is 0.571. The topological polar surface area (TPSA) is 32.3 Å². The van der Waals surface area contributed by atoms with E-state index in [-0.39, 0.29) is 17.3 Å².